The lowest BCUT2D eigenvalue weighted by Gasteiger charge is -2.37. The fraction of sp³-hybridized carbons (Fsp3) is 0.615. The van der Waals surface area contributed by atoms with Crippen LogP contribution in [0.1, 0.15) is 23.7 Å². The molecule has 2 aliphatic heterocycles. The van der Waals surface area contributed by atoms with Crippen LogP contribution in [0.25, 0.3) is 0 Å². The van der Waals surface area contributed by atoms with E-state index in [0.717, 1.165) is 19.5 Å². The van der Waals surface area contributed by atoms with Crippen molar-refractivity contribution in [2.24, 2.45) is 0 Å². The lowest BCUT2D eigenvalue weighted by Crippen LogP contribution is -2.55. The van der Waals surface area contributed by atoms with Crippen molar-refractivity contribution in [1.82, 2.24) is 10.3 Å². The van der Waals surface area contributed by atoms with Gasteiger partial charge in [-0.05, 0) is 38.3 Å². The highest BCUT2D eigenvalue weighted by Crippen LogP contribution is 2.34. The molecule has 0 spiro atoms. The van der Waals surface area contributed by atoms with Gasteiger partial charge in [-0.3, -0.25) is 0 Å². The summed E-state index contributed by atoms with van der Waals surface area (Å²) in [4.78, 5) is 7.30. The van der Waals surface area contributed by atoms with Crippen molar-refractivity contribution in [3.05, 3.63) is 22.9 Å². The summed E-state index contributed by atoms with van der Waals surface area (Å²) in [7, 11) is 0. The van der Waals surface area contributed by atoms with Crippen LogP contribution in [0.4, 0.5) is 5.82 Å². The standard InChI is InChI=1S/C13H19N3/c1-8-4-11-5-12-7-14-6-9(2)16(12)13(11)15-10(8)3/h4,9,12,14H,5-7H2,1-3H3/t9-,12-/m1/s1. The van der Waals surface area contributed by atoms with E-state index in [0.29, 0.717) is 12.1 Å². The molecule has 3 heterocycles. The van der Waals surface area contributed by atoms with Gasteiger partial charge in [0.15, 0.2) is 0 Å². The van der Waals surface area contributed by atoms with Crippen molar-refractivity contribution < 1.29 is 0 Å². The molecule has 0 bridgehead atoms. The van der Waals surface area contributed by atoms with Crippen LogP contribution in [0.2, 0.25) is 0 Å². The Kier molecular flexibility index (Phi) is 2.18. The molecule has 3 heteroatoms. The summed E-state index contributed by atoms with van der Waals surface area (Å²) in [5.41, 5.74) is 3.92. The average Bonchev–Trinajstić information content (AvgIpc) is 2.58. The molecule has 0 saturated carbocycles. The minimum Gasteiger partial charge on any atom is -0.348 e. The van der Waals surface area contributed by atoms with Gasteiger partial charge in [-0.25, -0.2) is 4.98 Å². The third-order valence-electron chi connectivity index (χ3n) is 3.91. The zero-order valence-electron chi connectivity index (χ0n) is 10.2. The molecule has 1 aromatic rings. The maximum Gasteiger partial charge on any atom is 0.132 e. The number of aromatic nitrogens is 1. The van der Waals surface area contributed by atoms with E-state index in [4.69, 9.17) is 4.98 Å². The minimum absolute atomic E-state index is 0.564. The Labute approximate surface area is 96.9 Å². The molecule has 16 heavy (non-hydrogen) atoms. The number of nitrogens with zero attached hydrogens (tertiary/aromatic N) is 2. The van der Waals surface area contributed by atoms with Gasteiger partial charge in [0, 0.05) is 30.9 Å². The number of piperazine rings is 1. The summed E-state index contributed by atoms with van der Waals surface area (Å²) >= 11 is 0. The Hall–Kier alpha value is -1.09. The number of hydrogen-bond donors (Lipinski definition) is 1. The largest absolute Gasteiger partial charge is 0.348 e. The minimum atomic E-state index is 0.564. The van der Waals surface area contributed by atoms with Crippen molar-refractivity contribution in [3.63, 3.8) is 0 Å². The Morgan fingerprint density at radius 1 is 1.38 bits per heavy atom. The van der Waals surface area contributed by atoms with Crippen LogP contribution in [0.15, 0.2) is 6.07 Å². The van der Waals surface area contributed by atoms with E-state index >= 15 is 0 Å². The molecule has 0 aliphatic carbocycles. The van der Waals surface area contributed by atoms with Crippen LogP contribution in [-0.4, -0.2) is 30.2 Å². The Morgan fingerprint density at radius 3 is 3.00 bits per heavy atom. The van der Waals surface area contributed by atoms with Crippen molar-refractivity contribution in [3.8, 4) is 0 Å². The molecule has 0 aromatic carbocycles. The van der Waals surface area contributed by atoms with Crippen molar-refractivity contribution >= 4 is 5.82 Å². The molecule has 3 rings (SSSR count). The topological polar surface area (TPSA) is 28.2 Å². The van der Waals surface area contributed by atoms with Gasteiger partial charge in [0.1, 0.15) is 5.82 Å². The van der Waals surface area contributed by atoms with E-state index in [1.807, 2.05) is 0 Å². The number of nitrogens with one attached hydrogen (secondary N) is 1. The number of anilines is 1. The Balaban J connectivity index is 2.06. The molecule has 2 atom stereocenters. The SMILES string of the molecule is Cc1cc2c(nc1C)N1[C@@H](CNC[C@H]1C)C2. The molecule has 1 saturated heterocycles. The van der Waals surface area contributed by atoms with E-state index in [9.17, 15) is 0 Å². The molecular formula is C13H19N3. The molecule has 1 aromatic heterocycles. The predicted molar refractivity (Wildman–Crippen MR) is 66.0 cm³/mol. The highest BCUT2D eigenvalue weighted by atomic mass is 15.3. The summed E-state index contributed by atoms with van der Waals surface area (Å²) < 4.78 is 0. The van der Waals surface area contributed by atoms with Gasteiger partial charge >= 0.3 is 0 Å². The van der Waals surface area contributed by atoms with Crippen LogP contribution in [-0.2, 0) is 6.42 Å². The van der Waals surface area contributed by atoms with E-state index in [1.165, 1.54) is 22.6 Å². The normalized spacial score (nSPS) is 27.8. The summed E-state index contributed by atoms with van der Waals surface area (Å²) in [5, 5.41) is 3.50. The first-order valence-corrected chi connectivity index (χ1v) is 6.13. The zero-order valence-corrected chi connectivity index (χ0v) is 10.2. The first-order valence-electron chi connectivity index (χ1n) is 6.13. The number of aryl methyl sites for hydroxylation is 2. The molecule has 0 radical (unpaired) electrons. The summed E-state index contributed by atoms with van der Waals surface area (Å²) in [6.45, 7) is 8.71. The Bertz CT molecular complexity index is 427. The van der Waals surface area contributed by atoms with Crippen LogP contribution >= 0.6 is 0 Å². The molecular weight excluding hydrogens is 198 g/mol. The average molecular weight is 217 g/mol. The number of rotatable bonds is 0. The summed E-state index contributed by atoms with van der Waals surface area (Å²) in [6.07, 6.45) is 1.15. The van der Waals surface area contributed by atoms with Gasteiger partial charge in [0.05, 0.1) is 0 Å². The predicted octanol–water partition coefficient (Wildman–Crippen LogP) is 1.42. The van der Waals surface area contributed by atoms with E-state index in [1.54, 1.807) is 0 Å². The van der Waals surface area contributed by atoms with Gasteiger partial charge in [-0.15, -0.1) is 0 Å². The van der Waals surface area contributed by atoms with Crippen LogP contribution < -0.4 is 10.2 Å². The maximum atomic E-state index is 4.79. The summed E-state index contributed by atoms with van der Waals surface area (Å²) in [5.74, 6) is 1.24. The number of hydrogen-bond acceptors (Lipinski definition) is 3. The van der Waals surface area contributed by atoms with Gasteiger partial charge in [-0.2, -0.15) is 0 Å². The quantitative estimate of drug-likeness (QED) is 0.712. The second kappa shape index (κ2) is 3.45. The van der Waals surface area contributed by atoms with E-state index in [-0.39, 0.29) is 0 Å². The van der Waals surface area contributed by atoms with Crippen molar-refractivity contribution in [1.29, 1.82) is 0 Å². The first kappa shape index (κ1) is 10.1. The Morgan fingerprint density at radius 2 is 2.19 bits per heavy atom. The van der Waals surface area contributed by atoms with Gasteiger partial charge in [-0.1, -0.05) is 6.07 Å². The van der Waals surface area contributed by atoms with Crippen molar-refractivity contribution in [2.45, 2.75) is 39.3 Å². The third kappa shape index (κ3) is 1.34. The van der Waals surface area contributed by atoms with E-state index in [2.05, 4.69) is 37.1 Å². The van der Waals surface area contributed by atoms with Gasteiger partial charge < -0.3 is 10.2 Å². The molecule has 86 valence electrons. The van der Waals surface area contributed by atoms with E-state index < -0.39 is 0 Å². The van der Waals surface area contributed by atoms with Crippen LogP contribution in [0.3, 0.4) is 0 Å². The molecule has 1 fully saturated rings. The lowest BCUT2D eigenvalue weighted by molar-refractivity contribution is 0.427. The molecule has 1 N–H and O–H groups in total. The highest BCUT2D eigenvalue weighted by Gasteiger charge is 2.36. The monoisotopic (exact) mass is 217 g/mol. The first-order chi connectivity index (χ1) is 7.66. The summed E-state index contributed by atoms with van der Waals surface area (Å²) in [6, 6.07) is 3.50. The number of pyridine rings is 1. The van der Waals surface area contributed by atoms with Crippen LogP contribution in [0.5, 0.6) is 0 Å². The fourth-order valence-electron chi connectivity index (χ4n) is 2.94. The molecule has 3 nitrogen and oxygen atoms in total. The molecule has 0 amide bonds. The van der Waals surface area contributed by atoms with Gasteiger partial charge in [0.25, 0.3) is 0 Å². The second-order valence-electron chi connectivity index (χ2n) is 5.15. The fourth-order valence-corrected chi connectivity index (χ4v) is 2.94. The smallest absolute Gasteiger partial charge is 0.132 e. The number of fused-ring (bicyclic) bond motifs is 3. The third-order valence-corrected chi connectivity index (χ3v) is 3.91. The highest BCUT2D eigenvalue weighted by molar-refractivity contribution is 5.57. The lowest BCUT2D eigenvalue weighted by atomic mass is 10.1. The molecule has 2 aliphatic rings. The van der Waals surface area contributed by atoms with Gasteiger partial charge in [0.2, 0.25) is 0 Å². The second-order valence-corrected chi connectivity index (χ2v) is 5.15. The maximum absolute atomic E-state index is 4.79. The molecule has 0 unspecified atom stereocenters. The van der Waals surface area contributed by atoms with Crippen LogP contribution in [0, 0.1) is 13.8 Å². The van der Waals surface area contributed by atoms with Crippen molar-refractivity contribution in [2.75, 3.05) is 18.0 Å². The zero-order chi connectivity index (χ0) is 11.3.